The van der Waals surface area contributed by atoms with E-state index in [9.17, 15) is 18.0 Å². The van der Waals surface area contributed by atoms with Gasteiger partial charge < -0.3 is 14.8 Å². The summed E-state index contributed by atoms with van der Waals surface area (Å²) in [5, 5.41) is 7.73. The van der Waals surface area contributed by atoms with Crippen LogP contribution in [0, 0.1) is 0 Å². The Kier molecular flexibility index (Phi) is 6.54. The Morgan fingerprint density at radius 2 is 1.81 bits per heavy atom. The van der Waals surface area contributed by atoms with Crippen molar-refractivity contribution >= 4 is 21.9 Å². The van der Waals surface area contributed by atoms with E-state index in [-0.39, 0.29) is 22.8 Å². The number of amides is 1. The van der Waals surface area contributed by atoms with Crippen molar-refractivity contribution in [3.8, 4) is 5.75 Å². The molecule has 2 aromatic carbocycles. The van der Waals surface area contributed by atoms with Crippen LogP contribution in [0.3, 0.4) is 0 Å². The second kappa shape index (κ2) is 8.65. The molecular formula is C18H20N2O6S. The van der Waals surface area contributed by atoms with Gasteiger partial charge in [0.2, 0.25) is 10.0 Å². The van der Waals surface area contributed by atoms with Crippen LogP contribution in [0.15, 0.2) is 53.4 Å². The lowest BCUT2D eigenvalue weighted by atomic mass is 10.2. The molecule has 0 heterocycles. The fourth-order valence-electron chi connectivity index (χ4n) is 2.23. The number of hydrogen-bond donors (Lipinski definition) is 2. The van der Waals surface area contributed by atoms with Crippen LogP contribution in [0.5, 0.6) is 5.75 Å². The molecule has 0 saturated carbocycles. The van der Waals surface area contributed by atoms with Gasteiger partial charge in [-0.05, 0) is 30.7 Å². The molecule has 0 spiro atoms. The van der Waals surface area contributed by atoms with E-state index >= 15 is 0 Å². The van der Waals surface area contributed by atoms with Crippen molar-refractivity contribution in [1.29, 1.82) is 0 Å². The van der Waals surface area contributed by atoms with Crippen molar-refractivity contribution in [1.82, 2.24) is 5.32 Å². The zero-order valence-corrected chi connectivity index (χ0v) is 15.7. The highest BCUT2D eigenvalue weighted by Gasteiger charge is 2.23. The number of carbonyl (C=O) groups excluding carboxylic acids is 2. The third-order valence-electron chi connectivity index (χ3n) is 3.68. The first-order valence-electron chi connectivity index (χ1n) is 7.96. The van der Waals surface area contributed by atoms with Gasteiger partial charge in [0.25, 0.3) is 5.91 Å². The summed E-state index contributed by atoms with van der Waals surface area (Å²) < 4.78 is 33.1. The number of benzene rings is 2. The Labute approximate surface area is 157 Å². The molecule has 2 aromatic rings. The first kappa shape index (κ1) is 20.4. The lowest BCUT2D eigenvalue weighted by Gasteiger charge is -2.15. The summed E-state index contributed by atoms with van der Waals surface area (Å²) in [6, 6.07) is 12.8. The Bertz CT molecular complexity index is 928. The van der Waals surface area contributed by atoms with Crippen molar-refractivity contribution in [2.45, 2.75) is 24.5 Å². The molecule has 3 N–H and O–H groups in total. The first-order valence-corrected chi connectivity index (χ1v) is 9.50. The van der Waals surface area contributed by atoms with Crippen molar-refractivity contribution < 1.29 is 27.5 Å². The van der Waals surface area contributed by atoms with E-state index in [0.717, 1.165) is 11.6 Å². The number of carbonyl (C=O) groups is 2. The van der Waals surface area contributed by atoms with Crippen LogP contribution in [0.1, 0.15) is 22.8 Å². The number of sulfonamides is 1. The normalized spacial score (nSPS) is 12.1. The molecule has 9 heteroatoms. The van der Waals surface area contributed by atoms with E-state index in [0.29, 0.717) is 0 Å². The van der Waals surface area contributed by atoms with Gasteiger partial charge in [-0.1, -0.05) is 30.3 Å². The van der Waals surface area contributed by atoms with Crippen LogP contribution in [0.2, 0.25) is 0 Å². The van der Waals surface area contributed by atoms with Gasteiger partial charge in [0.1, 0.15) is 11.3 Å². The van der Waals surface area contributed by atoms with Gasteiger partial charge in [-0.15, -0.1) is 0 Å². The standard InChI is InChI=1S/C18H20N2O6S/c1-12(17(21)20-11-13-6-4-3-5-7-13)26-18(22)15-10-14(27(19,23)24)8-9-16(15)25-2/h3-10,12H,11H2,1-2H3,(H,20,21)(H2,19,23,24)/t12-/m1/s1. The quantitative estimate of drug-likeness (QED) is 0.682. The van der Waals surface area contributed by atoms with Crippen molar-refractivity contribution in [3.05, 3.63) is 59.7 Å². The highest BCUT2D eigenvalue weighted by Crippen LogP contribution is 2.23. The molecule has 0 unspecified atom stereocenters. The summed E-state index contributed by atoms with van der Waals surface area (Å²) >= 11 is 0. The fourth-order valence-corrected chi connectivity index (χ4v) is 2.77. The van der Waals surface area contributed by atoms with Crippen molar-refractivity contribution in [2.24, 2.45) is 5.14 Å². The van der Waals surface area contributed by atoms with E-state index < -0.39 is 28.0 Å². The highest BCUT2D eigenvalue weighted by molar-refractivity contribution is 7.89. The van der Waals surface area contributed by atoms with Crippen LogP contribution in [-0.2, 0) is 26.1 Å². The van der Waals surface area contributed by atoms with E-state index in [1.165, 1.54) is 26.2 Å². The molecule has 1 atom stereocenters. The molecule has 144 valence electrons. The molecule has 0 saturated heterocycles. The fraction of sp³-hybridized carbons (Fsp3) is 0.222. The third-order valence-corrected chi connectivity index (χ3v) is 4.59. The van der Waals surface area contributed by atoms with Gasteiger partial charge in [-0.3, -0.25) is 4.79 Å². The van der Waals surface area contributed by atoms with Gasteiger partial charge in [-0.25, -0.2) is 18.4 Å². The van der Waals surface area contributed by atoms with Crippen molar-refractivity contribution in [2.75, 3.05) is 7.11 Å². The number of esters is 1. The van der Waals surface area contributed by atoms with Gasteiger partial charge in [-0.2, -0.15) is 0 Å². The zero-order valence-electron chi connectivity index (χ0n) is 14.8. The zero-order chi connectivity index (χ0) is 20.0. The SMILES string of the molecule is COc1ccc(S(N)(=O)=O)cc1C(=O)O[C@H](C)C(=O)NCc1ccccc1. The van der Waals surface area contributed by atoms with Crippen molar-refractivity contribution in [3.63, 3.8) is 0 Å². The molecule has 8 nitrogen and oxygen atoms in total. The monoisotopic (exact) mass is 392 g/mol. The molecule has 0 bridgehead atoms. The molecule has 0 fully saturated rings. The maximum absolute atomic E-state index is 12.4. The molecule has 2 rings (SSSR count). The van der Waals surface area contributed by atoms with E-state index in [2.05, 4.69) is 5.32 Å². The number of hydrogen-bond acceptors (Lipinski definition) is 6. The molecule has 1 amide bonds. The largest absolute Gasteiger partial charge is 0.496 e. The molecule has 0 radical (unpaired) electrons. The summed E-state index contributed by atoms with van der Waals surface area (Å²) in [5.41, 5.74) is 0.749. The Balaban J connectivity index is 2.08. The lowest BCUT2D eigenvalue weighted by Crippen LogP contribution is -2.35. The number of nitrogens with one attached hydrogen (secondary N) is 1. The Morgan fingerprint density at radius 3 is 2.41 bits per heavy atom. The average molecular weight is 392 g/mol. The predicted octanol–water partition coefficient (Wildman–Crippen LogP) is 1.20. The summed E-state index contributed by atoms with van der Waals surface area (Å²) in [4.78, 5) is 24.2. The highest BCUT2D eigenvalue weighted by atomic mass is 32.2. The van der Waals surface area contributed by atoms with Crippen LogP contribution in [-0.4, -0.2) is 33.5 Å². The maximum Gasteiger partial charge on any atom is 0.342 e. The third kappa shape index (κ3) is 5.53. The second-order valence-electron chi connectivity index (χ2n) is 5.66. The topological polar surface area (TPSA) is 125 Å². The number of ether oxygens (including phenoxy) is 2. The number of nitrogens with two attached hydrogens (primary N) is 1. The predicted molar refractivity (Wildman–Crippen MR) is 97.5 cm³/mol. The minimum absolute atomic E-state index is 0.101. The lowest BCUT2D eigenvalue weighted by molar-refractivity contribution is -0.129. The van der Waals surface area contributed by atoms with Gasteiger partial charge in [0.05, 0.1) is 12.0 Å². The molecule has 27 heavy (non-hydrogen) atoms. The number of primary sulfonamides is 1. The van der Waals surface area contributed by atoms with Gasteiger partial charge in [0.15, 0.2) is 6.10 Å². The van der Waals surface area contributed by atoms with Gasteiger partial charge >= 0.3 is 5.97 Å². The molecule has 0 aromatic heterocycles. The minimum Gasteiger partial charge on any atom is -0.496 e. The Morgan fingerprint density at radius 1 is 1.15 bits per heavy atom. The molecular weight excluding hydrogens is 372 g/mol. The van der Waals surface area contributed by atoms with E-state index in [1.54, 1.807) is 0 Å². The maximum atomic E-state index is 12.4. The number of methoxy groups -OCH3 is 1. The average Bonchev–Trinajstić information content (AvgIpc) is 2.65. The smallest absolute Gasteiger partial charge is 0.342 e. The molecule has 0 aliphatic carbocycles. The molecule has 0 aliphatic rings. The minimum atomic E-state index is -4.01. The number of rotatable bonds is 7. The first-order chi connectivity index (χ1) is 12.7. The Hall–Kier alpha value is -2.91. The van der Waals surface area contributed by atoms with E-state index in [1.807, 2.05) is 30.3 Å². The second-order valence-corrected chi connectivity index (χ2v) is 7.22. The van der Waals surface area contributed by atoms with E-state index in [4.69, 9.17) is 14.6 Å². The summed E-state index contributed by atoms with van der Waals surface area (Å²) in [6.07, 6.45) is -1.09. The summed E-state index contributed by atoms with van der Waals surface area (Å²) in [7, 11) is -2.69. The van der Waals surface area contributed by atoms with Crippen LogP contribution >= 0.6 is 0 Å². The van der Waals surface area contributed by atoms with Crippen LogP contribution in [0.4, 0.5) is 0 Å². The van der Waals surface area contributed by atoms with Crippen LogP contribution in [0.25, 0.3) is 0 Å². The van der Waals surface area contributed by atoms with Gasteiger partial charge in [0, 0.05) is 6.54 Å². The molecule has 0 aliphatic heterocycles. The summed E-state index contributed by atoms with van der Waals surface area (Å²) in [5.74, 6) is -1.29. The summed E-state index contributed by atoms with van der Waals surface area (Å²) in [6.45, 7) is 1.69. The van der Waals surface area contributed by atoms with Crippen LogP contribution < -0.4 is 15.2 Å².